The summed E-state index contributed by atoms with van der Waals surface area (Å²) in [6, 6.07) is 7.84. The molecule has 0 bridgehead atoms. The summed E-state index contributed by atoms with van der Waals surface area (Å²) in [6.07, 6.45) is -0.927. The third kappa shape index (κ3) is 5.77. The molecule has 2 amide bonds. The molecule has 8 nitrogen and oxygen atoms in total. The highest BCUT2D eigenvalue weighted by atomic mass is 16.5. The molecule has 4 N–H and O–H groups in total. The molecule has 2 aromatic rings. The molecule has 1 aromatic carbocycles. The minimum absolute atomic E-state index is 0.00791. The van der Waals surface area contributed by atoms with Crippen molar-refractivity contribution in [3.63, 3.8) is 0 Å². The van der Waals surface area contributed by atoms with E-state index in [0.29, 0.717) is 23.0 Å². The van der Waals surface area contributed by atoms with Crippen molar-refractivity contribution in [2.45, 2.75) is 32.3 Å². The van der Waals surface area contributed by atoms with Crippen molar-refractivity contribution < 1.29 is 24.3 Å². The Morgan fingerprint density at radius 1 is 1.28 bits per heavy atom. The zero-order valence-corrected chi connectivity index (χ0v) is 14.4. The van der Waals surface area contributed by atoms with Crippen LogP contribution in [0.5, 0.6) is 5.75 Å². The maximum Gasteiger partial charge on any atom is 0.324 e. The lowest BCUT2D eigenvalue weighted by atomic mass is 9.93. The Balaban J connectivity index is 1.87. The fourth-order valence-corrected chi connectivity index (χ4v) is 1.85. The van der Waals surface area contributed by atoms with Gasteiger partial charge in [-0.05, 0) is 24.3 Å². The van der Waals surface area contributed by atoms with Gasteiger partial charge in [0.15, 0.2) is 5.82 Å². The average molecular weight is 349 g/mol. The number of hydrogen-bond acceptors (Lipinski definition) is 6. The van der Waals surface area contributed by atoms with Crippen LogP contribution in [0, 0.1) is 0 Å². The first kappa shape index (κ1) is 18.8. The number of carbonyl (C=O) groups excluding carboxylic acids is 1. The number of aliphatic hydroxyl groups excluding tert-OH is 2. The molecule has 0 aliphatic rings. The monoisotopic (exact) mass is 349 g/mol. The van der Waals surface area contributed by atoms with Gasteiger partial charge in [0, 0.05) is 17.2 Å². The van der Waals surface area contributed by atoms with E-state index in [1.807, 2.05) is 20.8 Å². The van der Waals surface area contributed by atoms with Gasteiger partial charge < -0.3 is 24.8 Å². The number of rotatable bonds is 6. The van der Waals surface area contributed by atoms with Gasteiger partial charge in [0.2, 0.25) is 0 Å². The Morgan fingerprint density at radius 3 is 2.52 bits per heavy atom. The standard InChI is InChI=1S/C17H23N3O5/c1-17(2,3)14-8-15(20-25-14)19-16(23)18-11-4-6-13(7-5-11)24-10-12(22)9-21/h4-8,12,21-22H,9-10H2,1-3H3,(H2,18,19,20,23). The van der Waals surface area contributed by atoms with E-state index in [2.05, 4.69) is 15.8 Å². The average Bonchev–Trinajstić information content (AvgIpc) is 3.02. The Morgan fingerprint density at radius 2 is 1.96 bits per heavy atom. The second kappa shape index (κ2) is 8.00. The normalized spacial score (nSPS) is 12.5. The number of benzene rings is 1. The summed E-state index contributed by atoms with van der Waals surface area (Å²) in [6.45, 7) is 5.59. The van der Waals surface area contributed by atoms with Crippen LogP contribution in [0.25, 0.3) is 0 Å². The number of aromatic nitrogens is 1. The lowest BCUT2D eigenvalue weighted by Crippen LogP contribution is -2.21. The minimum Gasteiger partial charge on any atom is -0.491 e. The van der Waals surface area contributed by atoms with Crippen molar-refractivity contribution in [3.05, 3.63) is 36.1 Å². The summed E-state index contributed by atoms with van der Waals surface area (Å²) in [4.78, 5) is 12.0. The lowest BCUT2D eigenvalue weighted by Gasteiger charge is -2.12. The van der Waals surface area contributed by atoms with E-state index in [1.54, 1.807) is 30.3 Å². The van der Waals surface area contributed by atoms with Crippen LogP contribution in [0.3, 0.4) is 0 Å². The van der Waals surface area contributed by atoms with Crippen molar-refractivity contribution in [2.75, 3.05) is 23.8 Å². The zero-order chi connectivity index (χ0) is 18.4. The van der Waals surface area contributed by atoms with Gasteiger partial charge in [-0.15, -0.1) is 0 Å². The molecule has 0 spiro atoms. The highest BCUT2D eigenvalue weighted by molar-refractivity contribution is 5.99. The Bertz CT molecular complexity index is 691. The third-order valence-electron chi connectivity index (χ3n) is 3.26. The highest BCUT2D eigenvalue weighted by Gasteiger charge is 2.20. The first-order valence-corrected chi connectivity index (χ1v) is 7.85. The number of carbonyl (C=O) groups is 1. The lowest BCUT2D eigenvalue weighted by molar-refractivity contribution is 0.0536. The third-order valence-corrected chi connectivity index (χ3v) is 3.26. The van der Waals surface area contributed by atoms with Crippen LogP contribution in [0.15, 0.2) is 34.9 Å². The van der Waals surface area contributed by atoms with Crippen LogP contribution < -0.4 is 15.4 Å². The van der Waals surface area contributed by atoms with E-state index >= 15 is 0 Å². The molecule has 1 unspecified atom stereocenters. The number of anilines is 2. The summed E-state index contributed by atoms with van der Waals surface area (Å²) in [7, 11) is 0. The van der Waals surface area contributed by atoms with Gasteiger partial charge in [-0.25, -0.2) is 4.79 Å². The first-order valence-electron chi connectivity index (χ1n) is 7.85. The predicted molar refractivity (Wildman–Crippen MR) is 92.9 cm³/mol. The van der Waals surface area contributed by atoms with Crippen molar-refractivity contribution in [1.82, 2.24) is 5.16 Å². The van der Waals surface area contributed by atoms with Crippen LogP contribution in [-0.2, 0) is 5.41 Å². The molecule has 0 radical (unpaired) electrons. The highest BCUT2D eigenvalue weighted by Crippen LogP contribution is 2.24. The number of ether oxygens (including phenoxy) is 1. The summed E-state index contributed by atoms with van der Waals surface area (Å²) in [5.74, 6) is 1.53. The van der Waals surface area contributed by atoms with E-state index in [-0.39, 0.29) is 18.6 Å². The van der Waals surface area contributed by atoms with Gasteiger partial charge in [0.1, 0.15) is 24.2 Å². The van der Waals surface area contributed by atoms with E-state index in [9.17, 15) is 9.90 Å². The number of urea groups is 1. The topological polar surface area (TPSA) is 117 Å². The molecule has 8 heteroatoms. The maximum absolute atomic E-state index is 12.0. The van der Waals surface area contributed by atoms with Gasteiger partial charge in [0.25, 0.3) is 0 Å². The minimum atomic E-state index is -0.927. The number of aliphatic hydroxyl groups is 2. The molecule has 1 aromatic heterocycles. The van der Waals surface area contributed by atoms with E-state index < -0.39 is 12.1 Å². The first-order chi connectivity index (χ1) is 11.8. The van der Waals surface area contributed by atoms with Crippen LogP contribution in [0.1, 0.15) is 26.5 Å². The largest absolute Gasteiger partial charge is 0.491 e. The quantitative estimate of drug-likeness (QED) is 0.636. The number of nitrogens with zero attached hydrogens (tertiary/aromatic N) is 1. The van der Waals surface area contributed by atoms with Crippen LogP contribution in [0.2, 0.25) is 0 Å². The van der Waals surface area contributed by atoms with E-state index in [0.717, 1.165) is 0 Å². The molecule has 0 saturated heterocycles. The van der Waals surface area contributed by atoms with Crippen molar-refractivity contribution >= 4 is 17.5 Å². The molecule has 1 heterocycles. The Hall–Kier alpha value is -2.58. The summed E-state index contributed by atoms with van der Waals surface area (Å²) in [5.41, 5.74) is 0.370. The van der Waals surface area contributed by atoms with Gasteiger partial charge in [0.05, 0.1) is 6.61 Å². The molecular weight excluding hydrogens is 326 g/mol. The van der Waals surface area contributed by atoms with E-state index in [4.69, 9.17) is 14.4 Å². The number of nitrogens with one attached hydrogen (secondary N) is 2. The zero-order valence-electron chi connectivity index (χ0n) is 14.4. The van der Waals surface area contributed by atoms with Crippen LogP contribution in [0.4, 0.5) is 16.3 Å². The molecule has 0 aliphatic carbocycles. The molecule has 1 atom stereocenters. The smallest absolute Gasteiger partial charge is 0.324 e. The molecule has 0 fully saturated rings. The summed E-state index contributed by atoms with van der Waals surface area (Å²) in [5, 5.41) is 27.0. The number of amides is 2. The van der Waals surface area contributed by atoms with Crippen LogP contribution >= 0.6 is 0 Å². The van der Waals surface area contributed by atoms with Gasteiger partial charge in [-0.2, -0.15) is 0 Å². The summed E-state index contributed by atoms with van der Waals surface area (Å²) < 4.78 is 10.5. The molecule has 2 rings (SSSR count). The molecule has 136 valence electrons. The second-order valence-corrected chi connectivity index (χ2v) is 6.58. The fraction of sp³-hybridized carbons (Fsp3) is 0.412. The maximum atomic E-state index is 12.0. The van der Waals surface area contributed by atoms with Gasteiger partial charge in [-0.3, -0.25) is 5.32 Å². The van der Waals surface area contributed by atoms with Crippen molar-refractivity contribution in [1.29, 1.82) is 0 Å². The Labute approximate surface area is 145 Å². The predicted octanol–water partition coefficient (Wildman–Crippen LogP) is 2.35. The van der Waals surface area contributed by atoms with Crippen LogP contribution in [-0.4, -0.2) is 40.7 Å². The van der Waals surface area contributed by atoms with Crippen molar-refractivity contribution in [2.24, 2.45) is 0 Å². The van der Waals surface area contributed by atoms with Gasteiger partial charge >= 0.3 is 6.03 Å². The summed E-state index contributed by atoms with van der Waals surface area (Å²) >= 11 is 0. The van der Waals surface area contributed by atoms with Crippen molar-refractivity contribution in [3.8, 4) is 5.75 Å². The molecular formula is C17H23N3O5. The van der Waals surface area contributed by atoms with E-state index in [1.165, 1.54) is 0 Å². The molecule has 25 heavy (non-hydrogen) atoms. The second-order valence-electron chi connectivity index (χ2n) is 6.58. The van der Waals surface area contributed by atoms with Gasteiger partial charge in [-0.1, -0.05) is 25.9 Å². The molecule has 0 saturated carbocycles. The number of hydrogen-bond donors (Lipinski definition) is 4. The SMILES string of the molecule is CC(C)(C)c1cc(NC(=O)Nc2ccc(OCC(O)CO)cc2)no1. The fourth-order valence-electron chi connectivity index (χ4n) is 1.85. The molecule has 0 aliphatic heterocycles. The Kier molecular flexibility index (Phi) is 6.00.